The van der Waals surface area contributed by atoms with Crippen molar-refractivity contribution in [2.24, 2.45) is 0 Å². The van der Waals surface area contributed by atoms with E-state index in [4.69, 9.17) is 4.74 Å². The molecule has 25 heavy (non-hydrogen) atoms. The van der Waals surface area contributed by atoms with Crippen LogP contribution in [0.3, 0.4) is 0 Å². The molecule has 0 fully saturated rings. The van der Waals surface area contributed by atoms with Gasteiger partial charge in [-0.1, -0.05) is 0 Å². The van der Waals surface area contributed by atoms with Gasteiger partial charge in [-0.25, -0.2) is 4.98 Å². The van der Waals surface area contributed by atoms with E-state index >= 15 is 0 Å². The molecule has 1 N–H and O–H groups in total. The smallest absolute Gasteiger partial charge is 0.276 e. The molecule has 9 heteroatoms. The van der Waals surface area contributed by atoms with E-state index in [0.29, 0.717) is 11.3 Å². The number of ether oxygens (including phenoxy) is 1. The number of fused-ring (bicyclic) bond motifs is 1. The number of nitro benzene ring substituents is 1. The molecule has 0 saturated carbocycles. The predicted molar refractivity (Wildman–Crippen MR) is 112 cm³/mol. The first-order chi connectivity index (χ1) is 11.9. The number of nitro groups is 1. The number of nitrogens with one attached hydrogen (secondary N) is 1. The van der Waals surface area contributed by atoms with Crippen LogP contribution in [-0.4, -0.2) is 22.0 Å². The van der Waals surface area contributed by atoms with Crippen molar-refractivity contribution in [1.82, 2.24) is 9.97 Å². The van der Waals surface area contributed by atoms with E-state index in [1.807, 2.05) is 13.0 Å². The average Bonchev–Trinajstić information content (AvgIpc) is 2.97. The second-order valence-corrected chi connectivity index (χ2v) is 8.18. The van der Waals surface area contributed by atoms with Crippen molar-refractivity contribution >= 4 is 62.8 Å². The van der Waals surface area contributed by atoms with Crippen LogP contribution in [0.25, 0.3) is 22.2 Å². The minimum atomic E-state index is -0.381. The van der Waals surface area contributed by atoms with Crippen LogP contribution < -0.4 is 4.74 Å². The second kappa shape index (κ2) is 7.12. The number of hydrogen-bond donors (Lipinski definition) is 1. The molecule has 1 aromatic carbocycles. The SMILES string of the molecule is COc1cc(-c2c(SI)[nH]c3ncc(Br)c(C)c23)cc([N+](=O)[O-])c1C. The fraction of sp³-hybridized carbons (Fsp3) is 0.188. The molecule has 0 aliphatic heterocycles. The molecule has 0 saturated heterocycles. The third kappa shape index (κ3) is 3.13. The number of aromatic nitrogens is 2. The van der Waals surface area contributed by atoms with Gasteiger partial charge < -0.3 is 9.72 Å². The summed E-state index contributed by atoms with van der Waals surface area (Å²) in [7, 11) is 3.03. The number of rotatable bonds is 4. The Morgan fingerprint density at radius 1 is 1.36 bits per heavy atom. The van der Waals surface area contributed by atoms with E-state index in [0.717, 1.165) is 37.2 Å². The highest BCUT2D eigenvalue weighted by molar-refractivity contribution is 14.2. The maximum absolute atomic E-state index is 11.5. The van der Waals surface area contributed by atoms with Crippen LogP contribution in [0, 0.1) is 24.0 Å². The number of hydrogen-bond acceptors (Lipinski definition) is 5. The minimum absolute atomic E-state index is 0.0358. The zero-order valence-corrected chi connectivity index (χ0v) is 18.1. The predicted octanol–water partition coefficient (Wildman–Crippen LogP) is 5.97. The molecule has 0 radical (unpaired) electrons. The molecule has 0 bridgehead atoms. The molecule has 0 unspecified atom stereocenters. The van der Waals surface area contributed by atoms with Crippen LogP contribution in [0.2, 0.25) is 0 Å². The van der Waals surface area contributed by atoms with E-state index in [2.05, 4.69) is 47.1 Å². The topological polar surface area (TPSA) is 81.0 Å². The van der Waals surface area contributed by atoms with Crippen molar-refractivity contribution in [3.05, 3.63) is 44.0 Å². The molecule has 2 aromatic heterocycles. The summed E-state index contributed by atoms with van der Waals surface area (Å²) in [6.07, 6.45) is 1.75. The lowest BCUT2D eigenvalue weighted by molar-refractivity contribution is -0.385. The Morgan fingerprint density at radius 2 is 2.08 bits per heavy atom. The maximum atomic E-state index is 11.5. The number of aromatic amines is 1. The number of halogens is 2. The average molecular weight is 534 g/mol. The van der Waals surface area contributed by atoms with Gasteiger partial charge in [-0.05, 0) is 55.9 Å². The van der Waals surface area contributed by atoms with Gasteiger partial charge in [-0.3, -0.25) is 10.1 Å². The Morgan fingerprint density at radius 3 is 2.68 bits per heavy atom. The highest BCUT2D eigenvalue weighted by atomic mass is 127. The van der Waals surface area contributed by atoms with Crippen LogP contribution in [0.15, 0.2) is 27.8 Å². The fourth-order valence-electron chi connectivity index (χ4n) is 2.82. The third-order valence-corrected chi connectivity index (χ3v) is 6.68. The molecule has 0 aliphatic rings. The summed E-state index contributed by atoms with van der Waals surface area (Å²) in [5.74, 6) is 0.489. The number of benzene rings is 1. The lowest BCUT2D eigenvalue weighted by atomic mass is 10.00. The quantitative estimate of drug-likeness (QED) is 0.254. The van der Waals surface area contributed by atoms with Crippen LogP contribution in [-0.2, 0) is 0 Å². The van der Waals surface area contributed by atoms with Gasteiger partial charge in [-0.2, -0.15) is 0 Å². The fourth-order valence-corrected chi connectivity index (χ4v) is 4.54. The summed E-state index contributed by atoms with van der Waals surface area (Å²) in [6.45, 7) is 3.68. The first-order valence-corrected chi connectivity index (χ1v) is 11.3. The van der Waals surface area contributed by atoms with Crippen molar-refractivity contribution in [1.29, 1.82) is 0 Å². The molecule has 2 heterocycles. The Hall–Kier alpha value is -1.33. The van der Waals surface area contributed by atoms with E-state index in [1.165, 1.54) is 16.0 Å². The molecular weight excluding hydrogens is 521 g/mol. The second-order valence-electron chi connectivity index (χ2n) is 5.44. The molecule has 130 valence electrons. The van der Waals surface area contributed by atoms with Crippen molar-refractivity contribution in [3.63, 3.8) is 0 Å². The summed E-state index contributed by atoms with van der Waals surface area (Å²) in [5, 5.41) is 13.3. The van der Waals surface area contributed by atoms with E-state index in [9.17, 15) is 10.1 Å². The third-order valence-electron chi connectivity index (χ3n) is 4.10. The molecule has 0 atom stereocenters. The van der Waals surface area contributed by atoms with Crippen LogP contribution in [0.1, 0.15) is 11.1 Å². The summed E-state index contributed by atoms with van der Waals surface area (Å²) in [4.78, 5) is 18.8. The molecule has 0 aliphatic carbocycles. The van der Waals surface area contributed by atoms with Crippen LogP contribution >= 0.6 is 46.1 Å². The van der Waals surface area contributed by atoms with Gasteiger partial charge in [-0.15, -0.1) is 0 Å². The van der Waals surface area contributed by atoms with E-state index < -0.39 is 0 Å². The summed E-state index contributed by atoms with van der Waals surface area (Å²) >= 11 is 5.70. The lowest BCUT2D eigenvalue weighted by Gasteiger charge is -2.10. The summed E-state index contributed by atoms with van der Waals surface area (Å²) in [5.41, 5.74) is 3.93. The largest absolute Gasteiger partial charge is 0.496 e. The van der Waals surface area contributed by atoms with E-state index in [-0.39, 0.29) is 10.6 Å². The van der Waals surface area contributed by atoms with Gasteiger partial charge in [0.05, 0.1) is 22.6 Å². The Kier molecular flexibility index (Phi) is 5.26. The van der Waals surface area contributed by atoms with Crippen molar-refractivity contribution in [2.75, 3.05) is 7.11 Å². The van der Waals surface area contributed by atoms with Gasteiger partial charge in [0.1, 0.15) is 11.4 Å². The monoisotopic (exact) mass is 533 g/mol. The zero-order chi connectivity index (χ0) is 18.3. The van der Waals surface area contributed by atoms with Gasteiger partial charge in [0, 0.05) is 48.9 Å². The first kappa shape index (κ1) is 18.5. The summed E-state index contributed by atoms with van der Waals surface area (Å²) < 4.78 is 6.25. The highest BCUT2D eigenvalue weighted by Gasteiger charge is 2.23. The number of nitrogens with zero attached hydrogens (tertiary/aromatic N) is 2. The Labute approximate surface area is 168 Å². The first-order valence-electron chi connectivity index (χ1n) is 7.17. The molecule has 3 aromatic rings. The number of aryl methyl sites for hydroxylation is 1. The van der Waals surface area contributed by atoms with Crippen molar-refractivity contribution in [3.8, 4) is 16.9 Å². The summed E-state index contributed by atoms with van der Waals surface area (Å²) in [6, 6.07) is 3.43. The number of pyridine rings is 1. The van der Waals surface area contributed by atoms with E-state index in [1.54, 1.807) is 19.2 Å². The Bertz CT molecular complexity index is 1010. The molecule has 3 rings (SSSR count). The van der Waals surface area contributed by atoms with Gasteiger partial charge in [0.25, 0.3) is 5.69 Å². The van der Waals surface area contributed by atoms with Crippen LogP contribution in [0.5, 0.6) is 5.75 Å². The standard InChI is InChI=1S/C16H13BrIN3O3S/c1-7-10(17)6-19-15-13(7)14(16(20-15)25-18)9-4-11(21(22)23)8(2)12(5-9)24-3/h4-6H,1-3H3,(H,19,20). The van der Waals surface area contributed by atoms with Crippen LogP contribution in [0.4, 0.5) is 5.69 Å². The lowest BCUT2D eigenvalue weighted by Crippen LogP contribution is -1.96. The zero-order valence-electron chi connectivity index (χ0n) is 13.5. The highest BCUT2D eigenvalue weighted by Crippen LogP contribution is 2.44. The molecular formula is C16H13BrIN3O3S. The maximum Gasteiger partial charge on any atom is 0.276 e. The molecule has 6 nitrogen and oxygen atoms in total. The molecule has 0 amide bonds. The van der Waals surface area contributed by atoms with Gasteiger partial charge in [0.15, 0.2) is 0 Å². The van der Waals surface area contributed by atoms with Crippen molar-refractivity contribution < 1.29 is 9.66 Å². The number of methoxy groups -OCH3 is 1. The normalized spacial score (nSPS) is 11.1. The Balaban J connectivity index is 2.42. The molecule has 0 spiro atoms. The number of H-pyrrole nitrogens is 1. The van der Waals surface area contributed by atoms with Gasteiger partial charge >= 0.3 is 0 Å². The van der Waals surface area contributed by atoms with Crippen molar-refractivity contribution in [2.45, 2.75) is 18.9 Å². The van der Waals surface area contributed by atoms with Gasteiger partial charge in [0.2, 0.25) is 0 Å². The minimum Gasteiger partial charge on any atom is -0.496 e.